The molecule has 2 heterocycles. The minimum absolute atomic E-state index is 0.0471. The summed E-state index contributed by atoms with van der Waals surface area (Å²) >= 11 is 3.46. The number of guanidine groups is 1. The minimum atomic E-state index is 0.0471. The van der Waals surface area contributed by atoms with Crippen LogP contribution in [0.2, 0.25) is 0 Å². The summed E-state index contributed by atoms with van der Waals surface area (Å²) in [6, 6.07) is 8.74. The van der Waals surface area contributed by atoms with Gasteiger partial charge in [-0.2, -0.15) is 0 Å². The molecule has 1 amide bonds. The number of hydrogen-bond acceptors (Lipinski definition) is 3. The van der Waals surface area contributed by atoms with Crippen molar-refractivity contribution in [3.8, 4) is 0 Å². The van der Waals surface area contributed by atoms with Crippen LogP contribution in [0.5, 0.6) is 0 Å². The smallest absolute Gasteiger partial charge is 0.241 e. The average Bonchev–Trinajstić information content (AvgIpc) is 3.34. The Morgan fingerprint density at radius 1 is 1.26 bits per heavy atom. The highest BCUT2D eigenvalue weighted by molar-refractivity contribution is 9.10. The molecule has 146 valence electrons. The molecule has 0 radical (unpaired) electrons. The molecule has 0 aliphatic carbocycles. The van der Waals surface area contributed by atoms with Gasteiger partial charge in [0.2, 0.25) is 5.91 Å². The maximum atomic E-state index is 12.0. The molecule has 6 nitrogen and oxygen atoms in total. The quantitative estimate of drug-likeness (QED) is 0.437. The van der Waals surface area contributed by atoms with E-state index in [1.807, 2.05) is 12.1 Å². The van der Waals surface area contributed by atoms with E-state index in [4.69, 9.17) is 4.99 Å². The number of likely N-dealkylation sites (N-methyl/N-ethyl adjacent to an activating group) is 1. The van der Waals surface area contributed by atoms with Crippen molar-refractivity contribution >= 4 is 27.8 Å². The van der Waals surface area contributed by atoms with E-state index in [1.54, 1.807) is 19.0 Å². The first-order chi connectivity index (χ1) is 13.0. The molecule has 0 bridgehead atoms. The number of halogens is 1. The van der Waals surface area contributed by atoms with Gasteiger partial charge in [0.15, 0.2) is 5.96 Å². The second-order valence-electron chi connectivity index (χ2n) is 7.22. The van der Waals surface area contributed by atoms with E-state index in [-0.39, 0.29) is 12.5 Å². The van der Waals surface area contributed by atoms with Crippen molar-refractivity contribution in [1.82, 2.24) is 20.0 Å². The molecule has 1 saturated heterocycles. The molecule has 1 aromatic carbocycles. The maximum Gasteiger partial charge on any atom is 0.241 e. The second kappa shape index (κ2) is 9.37. The van der Waals surface area contributed by atoms with E-state index < -0.39 is 0 Å². The van der Waals surface area contributed by atoms with Crippen molar-refractivity contribution < 1.29 is 4.79 Å². The molecule has 0 saturated carbocycles. The molecule has 2 aliphatic rings. The van der Waals surface area contributed by atoms with Gasteiger partial charge in [0.05, 0.1) is 13.1 Å². The van der Waals surface area contributed by atoms with Crippen LogP contribution in [0.1, 0.15) is 12.0 Å². The lowest BCUT2D eigenvalue weighted by Crippen LogP contribution is -2.46. The Balaban J connectivity index is 1.66. The average molecular weight is 434 g/mol. The van der Waals surface area contributed by atoms with Crippen LogP contribution in [0.4, 0.5) is 0 Å². The van der Waals surface area contributed by atoms with Crippen LogP contribution in [-0.2, 0) is 11.3 Å². The van der Waals surface area contributed by atoms with Gasteiger partial charge in [0, 0.05) is 50.8 Å². The van der Waals surface area contributed by atoms with E-state index >= 15 is 0 Å². The Kier molecular flexibility index (Phi) is 6.90. The minimum Gasteiger partial charge on any atom is -0.347 e. The van der Waals surface area contributed by atoms with E-state index in [0.717, 1.165) is 48.6 Å². The Labute approximate surface area is 170 Å². The van der Waals surface area contributed by atoms with Crippen LogP contribution < -0.4 is 5.32 Å². The molecule has 1 aromatic rings. The summed E-state index contributed by atoms with van der Waals surface area (Å²) in [6.45, 7) is 4.84. The Morgan fingerprint density at radius 3 is 2.63 bits per heavy atom. The van der Waals surface area contributed by atoms with Gasteiger partial charge in [-0.15, -0.1) is 0 Å². The third-order valence-electron chi connectivity index (χ3n) is 5.05. The fourth-order valence-corrected chi connectivity index (χ4v) is 3.63. The van der Waals surface area contributed by atoms with Crippen molar-refractivity contribution in [3.63, 3.8) is 0 Å². The number of carbonyl (C=O) groups excluding carboxylic acids is 1. The monoisotopic (exact) mass is 433 g/mol. The van der Waals surface area contributed by atoms with E-state index in [1.165, 1.54) is 0 Å². The molecule has 7 heteroatoms. The van der Waals surface area contributed by atoms with Crippen LogP contribution in [0, 0.1) is 0 Å². The highest BCUT2D eigenvalue weighted by Crippen LogP contribution is 2.18. The van der Waals surface area contributed by atoms with Crippen molar-refractivity contribution in [3.05, 3.63) is 46.5 Å². The van der Waals surface area contributed by atoms with Crippen LogP contribution in [-0.4, -0.2) is 79.4 Å². The zero-order valence-electron chi connectivity index (χ0n) is 16.1. The number of carbonyl (C=O) groups is 1. The molecule has 2 aliphatic heterocycles. The van der Waals surface area contributed by atoms with Gasteiger partial charge in [-0.3, -0.25) is 9.69 Å². The van der Waals surface area contributed by atoms with Crippen molar-refractivity contribution in [2.24, 2.45) is 4.99 Å². The highest BCUT2D eigenvalue weighted by Gasteiger charge is 2.29. The van der Waals surface area contributed by atoms with Gasteiger partial charge in [0.1, 0.15) is 0 Å². The topological polar surface area (TPSA) is 51.2 Å². The molecule has 3 rings (SSSR count). The first-order valence-corrected chi connectivity index (χ1v) is 10.2. The molecule has 1 N–H and O–H groups in total. The van der Waals surface area contributed by atoms with Crippen molar-refractivity contribution in [2.75, 3.05) is 46.8 Å². The van der Waals surface area contributed by atoms with Crippen LogP contribution in [0.15, 0.2) is 45.9 Å². The van der Waals surface area contributed by atoms with Gasteiger partial charge in [0.25, 0.3) is 0 Å². The molecule has 1 atom stereocenters. The standard InChI is InChI=1S/C20H28BrN5O/c1-24(2)19(27)14-23-20(22-13-16-5-7-17(21)8-6-16)26-12-9-18(15-26)25-10-3-4-11-25/h3-8,18H,9-15H2,1-2H3,(H,22,23). The zero-order valence-corrected chi connectivity index (χ0v) is 17.7. The van der Waals surface area contributed by atoms with Crippen LogP contribution in [0.3, 0.4) is 0 Å². The summed E-state index contributed by atoms with van der Waals surface area (Å²) in [5.74, 6) is 0.869. The van der Waals surface area contributed by atoms with Crippen LogP contribution >= 0.6 is 15.9 Å². The van der Waals surface area contributed by atoms with Crippen LogP contribution in [0.25, 0.3) is 0 Å². The molecule has 1 unspecified atom stereocenters. The van der Waals surface area contributed by atoms with E-state index in [2.05, 4.69) is 55.3 Å². The van der Waals surface area contributed by atoms with Gasteiger partial charge in [-0.05, 0) is 24.1 Å². The highest BCUT2D eigenvalue weighted by atomic mass is 79.9. The van der Waals surface area contributed by atoms with Gasteiger partial charge < -0.3 is 15.1 Å². The SMILES string of the molecule is CN(C)C(=O)CNC(=NCc1ccc(Br)cc1)N1CCC(N2CC=CC2)C1. The fourth-order valence-electron chi connectivity index (χ4n) is 3.36. The lowest BCUT2D eigenvalue weighted by Gasteiger charge is -2.26. The largest absolute Gasteiger partial charge is 0.347 e. The number of benzene rings is 1. The van der Waals surface area contributed by atoms with Crippen molar-refractivity contribution in [1.29, 1.82) is 0 Å². The third-order valence-corrected chi connectivity index (χ3v) is 5.58. The number of nitrogens with zero attached hydrogens (tertiary/aromatic N) is 4. The first-order valence-electron chi connectivity index (χ1n) is 9.40. The number of rotatable bonds is 5. The number of nitrogens with one attached hydrogen (secondary N) is 1. The third kappa shape index (κ3) is 5.56. The number of hydrogen-bond donors (Lipinski definition) is 1. The zero-order chi connectivity index (χ0) is 19.2. The van der Waals surface area contributed by atoms with E-state index in [9.17, 15) is 4.79 Å². The van der Waals surface area contributed by atoms with Gasteiger partial charge in [-0.25, -0.2) is 4.99 Å². The Hall–Kier alpha value is -1.86. The number of likely N-dealkylation sites (tertiary alicyclic amines) is 1. The lowest BCUT2D eigenvalue weighted by molar-refractivity contribution is -0.127. The first kappa shape index (κ1) is 19.9. The predicted molar refractivity (Wildman–Crippen MR) is 113 cm³/mol. The molecule has 27 heavy (non-hydrogen) atoms. The summed E-state index contributed by atoms with van der Waals surface area (Å²) in [5, 5.41) is 3.28. The fraction of sp³-hybridized carbons (Fsp3) is 0.500. The van der Waals surface area contributed by atoms with E-state index in [0.29, 0.717) is 12.6 Å². The maximum absolute atomic E-state index is 12.0. The Bertz CT molecular complexity index is 693. The summed E-state index contributed by atoms with van der Waals surface area (Å²) in [5.41, 5.74) is 1.15. The summed E-state index contributed by atoms with van der Waals surface area (Å²) < 4.78 is 1.06. The Morgan fingerprint density at radius 2 is 1.96 bits per heavy atom. The van der Waals surface area contributed by atoms with Gasteiger partial charge >= 0.3 is 0 Å². The molecular formula is C20H28BrN5O. The summed E-state index contributed by atoms with van der Waals surface area (Å²) in [4.78, 5) is 23.2. The number of aliphatic imine (C=N–C) groups is 1. The summed E-state index contributed by atoms with van der Waals surface area (Å²) in [7, 11) is 3.55. The normalized spacial score (nSPS) is 20.3. The number of amides is 1. The molecule has 0 aromatic heterocycles. The molecular weight excluding hydrogens is 406 g/mol. The lowest BCUT2D eigenvalue weighted by atomic mass is 10.2. The predicted octanol–water partition coefficient (Wildman–Crippen LogP) is 1.93. The second-order valence-corrected chi connectivity index (χ2v) is 8.14. The van der Waals surface area contributed by atoms with Crippen molar-refractivity contribution in [2.45, 2.75) is 19.0 Å². The summed E-state index contributed by atoms with van der Waals surface area (Å²) in [6.07, 6.45) is 5.60. The van der Waals surface area contributed by atoms with Gasteiger partial charge in [-0.1, -0.05) is 40.2 Å². The molecule has 0 spiro atoms. The molecule has 1 fully saturated rings.